The smallest absolute Gasteiger partial charge is 0.0605 e. The van der Waals surface area contributed by atoms with E-state index in [9.17, 15) is 10.2 Å². The predicted molar refractivity (Wildman–Crippen MR) is 132 cm³/mol. The molecule has 0 aromatic carbocycles. The molecule has 5 rings (SSSR count). The van der Waals surface area contributed by atoms with Crippen LogP contribution < -0.4 is 0 Å². The second kappa shape index (κ2) is 6.87. The summed E-state index contributed by atoms with van der Waals surface area (Å²) in [6.07, 6.45) is 10.2. The Morgan fingerprint density at radius 3 is 2.12 bits per heavy atom. The highest BCUT2D eigenvalue weighted by atomic mass is 16.3. The topological polar surface area (TPSA) is 40.5 Å². The molecular weight excluding hydrogens is 392 g/mol. The molecule has 0 spiro atoms. The standard InChI is InChI=1S/C30H50O2/c1-18(2)19-11-13-27(5)15-16-29(7)20(25(19)27)9-10-21-28(6)14-12-23(31)26(3,4)22(28)17-24(32)30(21,29)8/h19-25,31-32H,1,9-17H2,2-8H3/t19-,20+,21+,22-,23-,24-,25+,27+,28+,29+,30-/m0/s1. The molecule has 182 valence electrons. The van der Waals surface area contributed by atoms with Crippen molar-refractivity contribution in [2.24, 2.45) is 56.7 Å². The summed E-state index contributed by atoms with van der Waals surface area (Å²) in [6.45, 7) is 21.5. The van der Waals surface area contributed by atoms with Crippen molar-refractivity contribution >= 4 is 0 Å². The third-order valence-corrected chi connectivity index (χ3v) is 13.5. The van der Waals surface area contributed by atoms with Crippen molar-refractivity contribution < 1.29 is 10.2 Å². The summed E-state index contributed by atoms with van der Waals surface area (Å²) in [4.78, 5) is 0. The van der Waals surface area contributed by atoms with Gasteiger partial charge in [0.25, 0.3) is 0 Å². The van der Waals surface area contributed by atoms with Crippen molar-refractivity contribution in [2.75, 3.05) is 0 Å². The number of fused-ring (bicyclic) bond motifs is 7. The largest absolute Gasteiger partial charge is 0.393 e. The minimum absolute atomic E-state index is 0.0386. The maximum atomic E-state index is 12.0. The zero-order valence-corrected chi connectivity index (χ0v) is 22.0. The average molecular weight is 443 g/mol. The van der Waals surface area contributed by atoms with Gasteiger partial charge >= 0.3 is 0 Å². The Kier molecular flexibility index (Phi) is 5.02. The molecule has 5 fully saturated rings. The number of aliphatic hydroxyl groups is 2. The lowest BCUT2D eigenvalue weighted by atomic mass is 9.31. The van der Waals surface area contributed by atoms with Crippen molar-refractivity contribution in [1.82, 2.24) is 0 Å². The van der Waals surface area contributed by atoms with Gasteiger partial charge in [-0.2, -0.15) is 0 Å². The first-order chi connectivity index (χ1) is 14.7. The highest BCUT2D eigenvalue weighted by Gasteiger charge is 2.72. The van der Waals surface area contributed by atoms with E-state index in [4.69, 9.17) is 0 Å². The normalized spacial score (nSPS) is 58.8. The van der Waals surface area contributed by atoms with E-state index in [2.05, 4.69) is 55.0 Å². The number of aliphatic hydroxyl groups excluding tert-OH is 2. The summed E-state index contributed by atoms with van der Waals surface area (Å²) >= 11 is 0. The molecule has 5 aliphatic rings. The maximum Gasteiger partial charge on any atom is 0.0605 e. The van der Waals surface area contributed by atoms with Gasteiger partial charge in [-0.3, -0.25) is 0 Å². The molecule has 0 aromatic rings. The van der Waals surface area contributed by atoms with Gasteiger partial charge in [0, 0.05) is 5.41 Å². The molecule has 5 aliphatic carbocycles. The Bertz CT molecular complexity index is 801. The molecule has 0 saturated heterocycles. The summed E-state index contributed by atoms with van der Waals surface area (Å²) < 4.78 is 0. The molecule has 0 aromatic heterocycles. The van der Waals surface area contributed by atoms with Crippen LogP contribution in [0, 0.1) is 56.7 Å². The molecule has 2 heteroatoms. The second-order valence-electron chi connectivity index (χ2n) is 14.8. The van der Waals surface area contributed by atoms with E-state index in [0.717, 1.165) is 25.2 Å². The number of hydrogen-bond acceptors (Lipinski definition) is 2. The molecule has 0 aliphatic heterocycles. The van der Waals surface area contributed by atoms with Gasteiger partial charge < -0.3 is 10.2 Å². The monoisotopic (exact) mass is 442 g/mol. The molecule has 2 N–H and O–H groups in total. The zero-order chi connectivity index (χ0) is 23.5. The Labute approximate surface area is 197 Å². The van der Waals surface area contributed by atoms with Gasteiger partial charge in [0.05, 0.1) is 12.2 Å². The summed E-state index contributed by atoms with van der Waals surface area (Å²) in [7, 11) is 0. The molecular formula is C30H50O2. The van der Waals surface area contributed by atoms with Crippen molar-refractivity contribution in [2.45, 2.75) is 118 Å². The van der Waals surface area contributed by atoms with Crippen LogP contribution in [0.3, 0.4) is 0 Å². The first kappa shape index (κ1) is 23.4. The third kappa shape index (κ3) is 2.61. The van der Waals surface area contributed by atoms with E-state index in [-0.39, 0.29) is 33.9 Å². The van der Waals surface area contributed by atoms with Gasteiger partial charge in [0.1, 0.15) is 0 Å². The van der Waals surface area contributed by atoms with E-state index >= 15 is 0 Å². The minimum atomic E-state index is -0.267. The Balaban J connectivity index is 1.58. The lowest BCUT2D eigenvalue weighted by molar-refractivity contribution is -0.283. The van der Waals surface area contributed by atoms with E-state index < -0.39 is 0 Å². The lowest BCUT2D eigenvalue weighted by Crippen LogP contribution is -2.70. The lowest BCUT2D eigenvalue weighted by Gasteiger charge is -2.74. The van der Waals surface area contributed by atoms with Crippen molar-refractivity contribution in [3.05, 3.63) is 12.2 Å². The molecule has 0 unspecified atom stereocenters. The van der Waals surface area contributed by atoms with Crippen molar-refractivity contribution in [3.63, 3.8) is 0 Å². The van der Waals surface area contributed by atoms with Gasteiger partial charge in [-0.25, -0.2) is 0 Å². The fourth-order valence-electron chi connectivity index (χ4n) is 11.4. The Morgan fingerprint density at radius 1 is 0.781 bits per heavy atom. The summed E-state index contributed by atoms with van der Waals surface area (Å²) in [5.74, 6) is 3.04. The number of allylic oxidation sites excluding steroid dienone is 1. The SMILES string of the molecule is C=C(C)[C@@H]1CC[C@]2(C)CC[C@]3(C)[C@H](CC[C@@H]4[C@@]5(C)CC[C@H](O)C(C)(C)[C@@H]5C[C@H](O)[C@]43C)[C@@H]12. The van der Waals surface area contributed by atoms with Crippen LogP contribution in [0.25, 0.3) is 0 Å². The van der Waals surface area contributed by atoms with Crippen LogP contribution in [0.15, 0.2) is 12.2 Å². The van der Waals surface area contributed by atoms with E-state index in [0.29, 0.717) is 29.1 Å². The number of rotatable bonds is 1. The highest BCUT2D eigenvalue weighted by Crippen LogP contribution is 2.77. The Morgan fingerprint density at radius 2 is 1.47 bits per heavy atom. The second-order valence-corrected chi connectivity index (χ2v) is 14.8. The minimum Gasteiger partial charge on any atom is -0.393 e. The van der Waals surface area contributed by atoms with Gasteiger partial charge in [0.2, 0.25) is 0 Å². The summed E-state index contributed by atoms with van der Waals surface area (Å²) in [6, 6.07) is 0. The molecule has 0 bridgehead atoms. The van der Waals surface area contributed by atoms with Crippen LogP contribution in [0.4, 0.5) is 0 Å². The van der Waals surface area contributed by atoms with Crippen LogP contribution in [0.2, 0.25) is 0 Å². The Hall–Kier alpha value is -0.340. The molecule has 0 heterocycles. The van der Waals surface area contributed by atoms with Crippen LogP contribution in [-0.2, 0) is 0 Å². The zero-order valence-electron chi connectivity index (χ0n) is 22.0. The molecule has 32 heavy (non-hydrogen) atoms. The molecule has 0 amide bonds. The quantitative estimate of drug-likeness (QED) is 0.429. The number of hydrogen-bond donors (Lipinski definition) is 2. The van der Waals surface area contributed by atoms with Crippen molar-refractivity contribution in [3.8, 4) is 0 Å². The van der Waals surface area contributed by atoms with Gasteiger partial charge in [-0.05, 0) is 116 Å². The van der Waals surface area contributed by atoms with E-state index in [1.807, 2.05) is 0 Å². The van der Waals surface area contributed by atoms with Crippen LogP contribution in [-0.4, -0.2) is 22.4 Å². The van der Waals surface area contributed by atoms with Crippen LogP contribution in [0.5, 0.6) is 0 Å². The average Bonchev–Trinajstić information content (AvgIpc) is 3.07. The summed E-state index contributed by atoms with van der Waals surface area (Å²) in [5, 5.41) is 22.9. The van der Waals surface area contributed by atoms with Crippen LogP contribution in [0.1, 0.15) is 106 Å². The van der Waals surface area contributed by atoms with Crippen molar-refractivity contribution in [1.29, 1.82) is 0 Å². The van der Waals surface area contributed by atoms with Gasteiger partial charge in [-0.15, -0.1) is 0 Å². The summed E-state index contributed by atoms with van der Waals surface area (Å²) in [5.41, 5.74) is 2.10. The highest BCUT2D eigenvalue weighted by molar-refractivity contribution is 5.22. The molecule has 11 atom stereocenters. The fraction of sp³-hybridized carbons (Fsp3) is 0.933. The predicted octanol–water partition coefficient (Wildman–Crippen LogP) is 7.00. The maximum absolute atomic E-state index is 12.0. The fourth-order valence-corrected chi connectivity index (χ4v) is 11.4. The molecule has 2 nitrogen and oxygen atoms in total. The van der Waals surface area contributed by atoms with Gasteiger partial charge in [-0.1, -0.05) is 53.7 Å². The third-order valence-electron chi connectivity index (χ3n) is 13.5. The first-order valence-electron chi connectivity index (χ1n) is 13.7. The molecule has 0 radical (unpaired) electrons. The first-order valence-corrected chi connectivity index (χ1v) is 13.7. The van der Waals surface area contributed by atoms with Gasteiger partial charge in [0.15, 0.2) is 0 Å². The molecule has 5 saturated carbocycles. The van der Waals surface area contributed by atoms with E-state index in [1.54, 1.807) is 0 Å². The van der Waals surface area contributed by atoms with E-state index in [1.165, 1.54) is 44.1 Å². The van der Waals surface area contributed by atoms with Crippen LogP contribution >= 0.6 is 0 Å².